The van der Waals surface area contributed by atoms with E-state index < -0.39 is 0 Å². The first-order chi connectivity index (χ1) is 10.0. The maximum absolute atomic E-state index is 11.3. The van der Waals surface area contributed by atoms with E-state index >= 15 is 0 Å². The molecule has 0 radical (unpaired) electrons. The van der Waals surface area contributed by atoms with Crippen molar-refractivity contribution in [2.45, 2.75) is 6.42 Å². The molecule has 116 valence electrons. The Hall–Kier alpha value is -1.50. The summed E-state index contributed by atoms with van der Waals surface area (Å²) in [5, 5.41) is 6.00. The van der Waals surface area contributed by atoms with Gasteiger partial charge in [-0.15, -0.1) is 0 Å². The van der Waals surface area contributed by atoms with Crippen molar-refractivity contribution < 1.29 is 14.3 Å². The number of hydrogen-bond donors (Lipinski definition) is 3. The SMILES string of the molecule is NCC(=O)NCC(=O)NCCCOc1ccc(Cl)cc1Cl. The van der Waals surface area contributed by atoms with Crippen LogP contribution in [0.1, 0.15) is 6.42 Å². The van der Waals surface area contributed by atoms with Crippen LogP contribution in [0.25, 0.3) is 0 Å². The Morgan fingerprint density at radius 3 is 2.62 bits per heavy atom. The highest BCUT2D eigenvalue weighted by atomic mass is 35.5. The van der Waals surface area contributed by atoms with E-state index in [1.165, 1.54) is 0 Å². The van der Waals surface area contributed by atoms with Gasteiger partial charge in [0.05, 0.1) is 24.7 Å². The summed E-state index contributed by atoms with van der Waals surface area (Å²) in [4.78, 5) is 22.2. The quantitative estimate of drug-likeness (QED) is 0.617. The van der Waals surface area contributed by atoms with Crippen LogP contribution in [0.15, 0.2) is 18.2 Å². The highest BCUT2D eigenvalue weighted by Gasteiger charge is 2.04. The topological polar surface area (TPSA) is 93.5 Å². The van der Waals surface area contributed by atoms with Crippen molar-refractivity contribution in [3.8, 4) is 5.75 Å². The van der Waals surface area contributed by atoms with E-state index in [2.05, 4.69) is 10.6 Å². The summed E-state index contributed by atoms with van der Waals surface area (Å²) in [7, 11) is 0. The van der Waals surface area contributed by atoms with E-state index in [4.69, 9.17) is 33.7 Å². The molecule has 6 nitrogen and oxygen atoms in total. The van der Waals surface area contributed by atoms with Gasteiger partial charge in [0, 0.05) is 11.6 Å². The molecule has 21 heavy (non-hydrogen) atoms. The minimum atomic E-state index is -0.370. The molecule has 8 heteroatoms. The van der Waals surface area contributed by atoms with Gasteiger partial charge in [-0.1, -0.05) is 23.2 Å². The number of nitrogens with one attached hydrogen (secondary N) is 2. The number of benzene rings is 1. The normalized spacial score (nSPS) is 10.0. The molecule has 0 fully saturated rings. The second-order valence-electron chi connectivity index (χ2n) is 4.11. The third kappa shape index (κ3) is 7.17. The molecule has 4 N–H and O–H groups in total. The molecule has 1 aromatic carbocycles. The van der Waals surface area contributed by atoms with Crippen LogP contribution in [0.4, 0.5) is 0 Å². The van der Waals surface area contributed by atoms with Gasteiger partial charge in [0.1, 0.15) is 5.75 Å². The first kappa shape index (κ1) is 17.6. The molecule has 1 aromatic rings. The summed E-state index contributed by atoms with van der Waals surface area (Å²) in [6.07, 6.45) is 0.607. The lowest BCUT2D eigenvalue weighted by molar-refractivity contribution is -0.125. The fraction of sp³-hybridized carbons (Fsp3) is 0.385. The van der Waals surface area contributed by atoms with Crippen molar-refractivity contribution in [3.63, 3.8) is 0 Å². The van der Waals surface area contributed by atoms with Gasteiger partial charge in [-0.25, -0.2) is 0 Å². The van der Waals surface area contributed by atoms with Gasteiger partial charge in [0.15, 0.2) is 0 Å². The third-order valence-electron chi connectivity index (χ3n) is 2.43. The summed E-state index contributed by atoms with van der Waals surface area (Å²) in [5.41, 5.74) is 5.10. The molecule has 0 unspecified atom stereocenters. The maximum Gasteiger partial charge on any atom is 0.239 e. The molecule has 0 bridgehead atoms. The molecule has 0 aliphatic rings. The Kier molecular flexibility index (Phi) is 7.89. The summed E-state index contributed by atoms with van der Waals surface area (Å²) in [6, 6.07) is 4.97. The molecular weight excluding hydrogens is 317 g/mol. The standard InChI is InChI=1S/C13H17Cl2N3O3/c14-9-2-3-11(10(15)6-9)21-5-1-4-17-13(20)8-18-12(19)7-16/h2-3,6H,1,4-5,7-8,16H2,(H,17,20)(H,18,19). The first-order valence-electron chi connectivity index (χ1n) is 6.34. The highest BCUT2D eigenvalue weighted by Crippen LogP contribution is 2.27. The van der Waals surface area contributed by atoms with Crippen LogP contribution in [0, 0.1) is 0 Å². The fourth-order valence-corrected chi connectivity index (χ4v) is 1.85. The Morgan fingerprint density at radius 1 is 1.19 bits per heavy atom. The average Bonchev–Trinajstić information content (AvgIpc) is 2.46. The van der Waals surface area contributed by atoms with E-state index in [0.29, 0.717) is 35.4 Å². The number of halogens is 2. The van der Waals surface area contributed by atoms with Gasteiger partial charge in [-0.05, 0) is 24.6 Å². The van der Waals surface area contributed by atoms with Crippen LogP contribution in [0.2, 0.25) is 10.0 Å². The molecular formula is C13H17Cl2N3O3. The molecule has 2 amide bonds. The predicted molar refractivity (Wildman–Crippen MR) is 81.6 cm³/mol. The minimum absolute atomic E-state index is 0.0834. The number of carbonyl (C=O) groups excluding carboxylic acids is 2. The van der Waals surface area contributed by atoms with Gasteiger partial charge in [0.2, 0.25) is 11.8 Å². The second kappa shape index (κ2) is 9.44. The maximum atomic E-state index is 11.3. The first-order valence-corrected chi connectivity index (χ1v) is 7.10. The number of nitrogens with two attached hydrogens (primary N) is 1. The second-order valence-corrected chi connectivity index (χ2v) is 4.95. The molecule has 0 aliphatic carbocycles. The Labute approximate surface area is 132 Å². The van der Waals surface area contributed by atoms with Crippen LogP contribution < -0.4 is 21.1 Å². The van der Waals surface area contributed by atoms with Crippen molar-refractivity contribution in [1.29, 1.82) is 0 Å². The highest BCUT2D eigenvalue weighted by molar-refractivity contribution is 6.35. The smallest absolute Gasteiger partial charge is 0.239 e. The van der Waals surface area contributed by atoms with Gasteiger partial charge >= 0.3 is 0 Å². The molecule has 0 heterocycles. The van der Waals surface area contributed by atoms with Crippen molar-refractivity contribution in [2.24, 2.45) is 5.73 Å². The minimum Gasteiger partial charge on any atom is -0.492 e. The molecule has 0 saturated carbocycles. The third-order valence-corrected chi connectivity index (χ3v) is 2.96. The molecule has 1 rings (SSSR count). The van der Waals surface area contributed by atoms with Crippen LogP contribution >= 0.6 is 23.2 Å². The zero-order valence-electron chi connectivity index (χ0n) is 11.3. The van der Waals surface area contributed by atoms with E-state index in [9.17, 15) is 9.59 Å². The summed E-state index contributed by atoms with van der Waals surface area (Å²) in [6.45, 7) is 0.613. The summed E-state index contributed by atoms with van der Waals surface area (Å²) < 4.78 is 5.46. The van der Waals surface area contributed by atoms with Crippen molar-refractivity contribution in [3.05, 3.63) is 28.2 Å². The number of rotatable bonds is 8. The molecule has 0 saturated heterocycles. The zero-order valence-corrected chi connectivity index (χ0v) is 12.8. The van der Waals surface area contributed by atoms with Gasteiger partial charge in [0.25, 0.3) is 0 Å². The van der Waals surface area contributed by atoms with Crippen molar-refractivity contribution in [1.82, 2.24) is 10.6 Å². The summed E-state index contributed by atoms with van der Waals surface area (Å²) >= 11 is 11.7. The van der Waals surface area contributed by atoms with E-state index in [-0.39, 0.29) is 24.9 Å². The average molecular weight is 334 g/mol. The lowest BCUT2D eigenvalue weighted by Gasteiger charge is -2.09. The number of amides is 2. The lowest BCUT2D eigenvalue weighted by atomic mass is 10.3. The predicted octanol–water partition coefficient (Wildman–Crippen LogP) is 0.953. The van der Waals surface area contributed by atoms with Gasteiger partial charge in [-0.3, -0.25) is 9.59 Å². The largest absolute Gasteiger partial charge is 0.492 e. The van der Waals surface area contributed by atoms with Crippen LogP contribution in [-0.4, -0.2) is 38.1 Å². The fourth-order valence-electron chi connectivity index (χ4n) is 1.39. The van der Waals surface area contributed by atoms with E-state index in [1.807, 2.05) is 0 Å². The lowest BCUT2D eigenvalue weighted by Crippen LogP contribution is -2.39. The van der Waals surface area contributed by atoms with E-state index in [1.54, 1.807) is 18.2 Å². The van der Waals surface area contributed by atoms with Crippen LogP contribution in [-0.2, 0) is 9.59 Å². The molecule has 0 aromatic heterocycles. The van der Waals surface area contributed by atoms with Crippen LogP contribution in [0.5, 0.6) is 5.75 Å². The van der Waals surface area contributed by atoms with Crippen molar-refractivity contribution in [2.75, 3.05) is 26.2 Å². The van der Waals surface area contributed by atoms with Crippen molar-refractivity contribution >= 4 is 35.0 Å². The number of carbonyl (C=O) groups is 2. The molecule has 0 atom stereocenters. The Balaban J connectivity index is 2.14. The number of hydrogen-bond acceptors (Lipinski definition) is 4. The summed E-state index contributed by atoms with van der Waals surface area (Å²) in [5.74, 6) is -0.102. The van der Waals surface area contributed by atoms with E-state index in [0.717, 1.165) is 0 Å². The van der Waals surface area contributed by atoms with Gasteiger partial charge in [-0.2, -0.15) is 0 Å². The number of ether oxygens (including phenoxy) is 1. The monoisotopic (exact) mass is 333 g/mol. The Morgan fingerprint density at radius 2 is 1.95 bits per heavy atom. The van der Waals surface area contributed by atoms with Crippen LogP contribution in [0.3, 0.4) is 0 Å². The Bertz CT molecular complexity index is 498. The van der Waals surface area contributed by atoms with Gasteiger partial charge < -0.3 is 21.1 Å². The zero-order chi connectivity index (χ0) is 15.7. The molecule has 0 spiro atoms. The molecule has 0 aliphatic heterocycles.